The molecule has 3 nitrogen and oxygen atoms in total. The van der Waals surface area contributed by atoms with Gasteiger partial charge in [-0.25, -0.2) is 0 Å². The molecule has 0 fully saturated rings. The monoisotopic (exact) mass is 198 g/mol. The van der Waals surface area contributed by atoms with E-state index in [0.29, 0.717) is 5.56 Å². The molecule has 1 aromatic rings. The van der Waals surface area contributed by atoms with Crippen molar-refractivity contribution in [1.82, 2.24) is 4.98 Å². The molecule has 0 aliphatic heterocycles. The molecule has 2 N–H and O–H groups in total. The summed E-state index contributed by atoms with van der Waals surface area (Å²) < 4.78 is 27.7. The highest BCUT2D eigenvalue weighted by Crippen LogP contribution is 2.13. The van der Waals surface area contributed by atoms with E-state index >= 15 is 0 Å². The smallest absolute Gasteiger partial charge is 0.387 e. The van der Waals surface area contributed by atoms with E-state index in [1.165, 1.54) is 18.5 Å². The molecule has 1 heterocycles. The van der Waals surface area contributed by atoms with Gasteiger partial charge in [0.1, 0.15) is 5.75 Å². The number of pyridine rings is 1. The zero-order valence-electron chi connectivity index (χ0n) is 7.21. The van der Waals surface area contributed by atoms with Crippen molar-refractivity contribution in [2.75, 3.05) is 6.54 Å². The summed E-state index contributed by atoms with van der Waals surface area (Å²) in [5.74, 6) is 5.23. The number of halogens is 2. The van der Waals surface area contributed by atoms with E-state index in [0.717, 1.165) is 0 Å². The maximum Gasteiger partial charge on any atom is 0.387 e. The van der Waals surface area contributed by atoms with Gasteiger partial charge in [-0.15, -0.1) is 0 Å². The Morgan fingerprint density at radius 3 is 2.93 bits per heavy atom. The second-order valence-electron chi connectivity index (χ2n) is 2.29. The molecule has 0 unspecified atom stereocenters. The molecular weight excluding hydrogens is 190 g/mol. The molecule has 0 spiro atoms. The number of nitrogens with two attached hydrogens (primary N) is 1. The van der Waals surface area contributed by atoms with Gasteiger partial charge >= 0.3 is 6.61 Å². The first-order valence-electron chi connectivity index (χ1n) is 3.81. The minimum Gasteiger partial charge on any atom is -0.433 e. The molecule has 0 atom stereocenters. The van der Waals surface area contributed by atoms with Gasteiger partial charge in [0.15, 0.2) is 0 Å². The van der Waals surface area contributed by atoms with E-state index in [-0.39, 0.29) is 12.3 Å². The van der Waals surface area contributed by atoms with Gasteiger partial charge in [0.05, 0.1) is 12.7 Å². The second-order valence-corrected chi connectivity index (χ2v) is 2.29. The van der Waals surface area contributed by atoms with Gasteiger partial charge in [0.25, 0.3) is 0 Å². The lowest BCUT2D eigenvalue weighted by Gasteiger charge is -2.02. The van der Waals surface area contributed by atoms with Crippen LogP contribution in [0.2, 0.25) is 0 Å². The molecule has 5 heteroatoms. The molecular formula is C9H8F2N2O. The Bertz CT molecular complexity index is 357. The van der Waals surface area contributed by atoms with Crippen molar-refractivity contribution < 1.29 is 13.5 Å². The molecule has 0 saturated heterocycles. The fourth-order valence-electron chi connectivity index (χ4n) is 0.808. The maximum absolute atomic E-state index is 11.8. The van der Waals surface area contributed by atoms with Crippen molar-refractivity contribution >= 4 is 0 Å². The fraction of sp³-hybridized carbons (Fsp3) is 0.222. The van der Waals surface area contributed by atoms with Crippen molar-refractivity contribution in [3.8, 4) is 17.6 Å². The number of alkyl halides is 2. The number of aromatic nitrogens is 1. The molecule has 1 rings (SSSR count). The Hall–Kier alpha value is -1.67. The van der Waals surface area contributed by atoms with Crippen LogP contribution < -0.4 is 10.5 Å². The molecule has 0 radical (unpaired) electrons. The van der Waals surface area contributed by atoms with Crippen LogP contribution in [0.5, 0.6) is 5.75 Å². The van der Waals surface area contributed by atoms with Crippen molar-refractivity contribution in [2.45, 2.75) is 6.61 Å². The third kappa shape index (κ3) is 3.37. The van der Waals surface area contributed by atoms with Crippen LogP contribution >= 0.6 is 0 Å². The van der Waals surface area contributed by atoms with Crippen LogP contribution in [0.4, 0.5) is 8.78 Å². The summed E-state index contributed by atoms with van der Waals surface area (Å²) >= 11 is 0. The molecule has 0 aliphatic carbocycles. The Morgan fingerprint density at radius 1 is 1.50 bits per heavy atom. The van der Waals surface area contributed by atoms with Gasteiger partial charge in [-0.05, 0) is 6.07 Å². The van der Waals surface area contributed by atoms with Crippen LogP contribution in [0, 0.1) is 11.8 Å². The standard InChI is InChI=1S/C9H8F2N2O/c10-9(11)14-8-4-7(2-1-3-12)5-13-6-8/h4-6,9H,3,12H2. The molecule has 0 amide bonds. The molecule has 0 saturated carbocycles. The molecule has 14 heavy (non-hydrogen) atoms. The van der Waals surface area contributed by atoms with Crippen LogP contribution in [0.1, 0.15) is 5.56 Å². The van der Waals surface area contributed by atoms with Crippen LogP contribution in [-0.2, 0) is 0 Å². The van der Waals surface area contributed by atoms with Crippen LogP contribution in [0.25, 0.3) is 0 Å². The molecule has 74 valence electrons. The van der Waals surface area contributed by atoms with Gasteiger partial charge in [0, 0.05) is 11.8 Å². The summed E-state index contributed by atoms with van der Waals surface area (Å²) in [4.78, 5) is 3.69. The SMILES string of the molecule is NCC#Cc1cncc(OC(F)F)c1. The minimum atomic E-state index is -2.85. The zero-order valence-corrected chi connectivity index (χ0v) is 7.21. The normalized spacial score (nSPS) is 9.43. The maximum atomic E-state index is 11.8. The molecule has 0 bridgehead atoms. The first kappa shape index (κ1) is 10.4. The van der Waals surface area contributed by atoms with Crippen molar-refractivity contribution in [1.29, 1.82) is 0 Å². The van der Waals surface area contributed by atoms with E-state index in [2.05, 4.69) is 21.6 Å². The highest BCUT2D eigenvalue weighted by Gasteiger charge is 2.03. The van der Waals surface area contributed by atoms with Gasteiger partial charge in [-0.1, -0.05) is 11.8 Å². The first-order valence-corrected chi connectivity index (χ1v) is 3.81. The lowest BCUT2D eigenvalue weighted by molar-refractivity contribution is -0.0500. The van der Waals surface area contributed by atoms with Crippen LogP contribution in [0.3, 0.4) is 0 Å². The topological polar surface area (TPSA) is 48.1 Å². The predicted molar refractivity (Wildman–Crippen MR) is 46.8 cm³/mol. The van der Waals surface area contributed by atoms with Crippen LogP contribution in [-0.4, -0.2) is 18.1 Å². The quantitative estimate of drug-likeness (QED) is 0.721. The van der Waals surface area contributed by atoms with Crippen molar-refractivity contribution in [3.05, 3.63) is 24.0 Å². The Morgan fingerprint density at radius 2 is 2.29 bits per heavy atom. The summed E-state index contributed by atoms with van der Waals surface area (Å²) in [5, 5.41) is 0. The summed E-state index contributed by atoms with van der Waals surface area (Å²) in [6, 6.07) is 1.38. The van der Waals surface area contributed by atoms with Gasteiger partial charge < -0.3 is 10.5 Å². The molecule has 0 aromatic carbocycles. The Balaban J connectivity index is 2.78. The molecule has 1 aromatic heterocycles. The zero-order chi connectivity index (χ0) is 10.4. The van der Waals surface area contributed by atoms with Gasteiger partial charge in [0.2, 0.25) is 0 Å². The summed E-state index contributed by atoms with van der Waals surface area (Å²) in [6.07, 6.45) is 2.64. The number of rotatable bonds is 2. The number of hydrogen-bond donors (Lipinski definition) is 1. The van der Waals surface area contributed by atoms with E-state index < -0.39 is 6.61 Å². The van der Waals surface area contributed by atoms with Gasteiger partial charge in [-0.2, -0.15) is 8.78 Å². The summed E-state index contributed by atoms with van der Waals surface area (Å²) in [7, 11) is 0. The molecule has 0 aliphatic rings. The average Bonchev–Trinajstić information content (AvgIpc) is 2.14. The third-order valence-electron chi connectivity index (χ3n) is 1.27. The summed E-state index contributed by atoms with van der Waals surface area (Å²) in [6.45, 7) is -2.64. The van der Waals surface area contributed by atoms with E-state index in [9.17, 15) is 8.78 Å². The lowest BCUT2D eigenvalue weighted by Crippen LogP contribution is -2.02. The first-order chi connectivity index (χ1) is 6.72. The van der Waals surface area contributed by atoms with Crippen LogP contribution in [0.15, 0.2) is 18.5 Å². The third-order valence-corrected chi connectivity index (χ3v) is 1.27. The van der Waals surface area contributed by atoms with Gasteiger partial charge in [-0.3, -0.25) is 4.98 Å². The highest BCUT2D eigenvalue weighted by atomic mass is 19.3. The largest absolute Gasteiger partial charge is 0.433 e. The van der Waals surface area contributed by atoms with E-state index in [4.69, 9.17) is 5.73 Å². The van der Waals surface area contributed by atoms with Crippen molar-refractivity contribution in [2.24, 2.45) is 5.73 Å². The lowest BCUT2D eigenvalue weighted by atomic mass is 10.3. The number of ether oxygens (including phenoxy) is 1. The number of hydrogen-bond acceptors (Lipinski definition) is 3. The minimum absolute atomic E-state index is 0.0104. The average molecular weight is 198 g/mol. The van der Waals surface area contributed by atoms with E-state index in [1.807, 2.05) is 0 Å². The second kappa shape index (κ2) is 5.14. The Kier molecular flexibility index (Phi) is 3.83. The summed E-state index contributed by atoms with van der Waals surface area (Å²) in [5.41, 5.74) is 5.64. The predicted octanol–water partition coefficient (Wildman–Crippen LogP) is 0.993. The van der Waals surface area contributed by atoms with E-state index in [1.54, 1.807) is 0 Å². The number of nitrogens with zero attached hydrogens (tertiary/aromatic N) is 1. The Labute approximate surface area is 79.9 Å². The fourth-order valence-corrected chi connectivity index (χ4v) is 0.808. The van der Waals surface area contributed by atoms with Crippen molar-refractivity contribution in [3.63, 3.8) is 0 Å². The highest BCUT2D eigenvalue weighted by molar-refractivity contribution is 5.36.